The standard InChI is InChI=1S/C15H15N3O3/c1-9(13-8-10-4-2-3-5-12(10)21-13)16-15(20)11-6-7-14(19)18-17-11/h2-5,8-9H,6-7H2,1H3,(H,16,20)(H,18,19). The summed E-state index contributed by atoms with van der Waals surface area (Å²) < 4.78 is 5.71. The van der Waals surface area contributed by atoms with E-state index in [0.29, 0.717) is 17.9 Å². The minimum atomic E-state index is -0.289. The van der Waals surface area contributed by atoms with Gasteiger partial charge in [-0.1, -0.05) is 18.2 Å². The summed E-state index contributed by atoms with van der Waals surface area (Å²) in [5, 5.41) is 7.60. The fraction of sp³-hybridized carbons (Fsp3) is 0.267. The van der Waals surface area contributed by atoms with Gasteiger partial charge in [-0.15, -0.1) is 0 Å². The van der Waals surface area contributed by atoms with E-state index < -0.39 is 0 Å². The summed E-state index contributed by atoms with van der Waals surface area (Å²) in [7, 11) is 0. The fourth-order valence-corrected chi connectivity index (χ4v) is 2.20. The molecule has 1 aromatic heterocycles. The van der Waals surface area contributed by atoms with Crippen LogP contribution in [0.5, 0.6) is 0 Å². The highest BCUT2D eigenvalue weighted by molar-refractivity contribution is 6.39. The predicted molar refractivity (Wildman–Crippen MR) is 77.6 cm³/mol. The first-order valence-corrected chi connectivity index (χ1v) is 6.78. The first kappa shape index (κ1) is 13.4. The SMILES string of the molecule is CC(NC(=O)C1=NNC(=O)CC1)c1cc2ccccc2o1. The van der Waals surface area contributed by atoms with Gasteiger partial charge in [0.15, 0.2) is 0 Å². The van der Waals surface area contributed by atoms with Gasteiger partial charge in [-0.25, -0.2) is 5.43 Å². The van der Waals surface area contributed by atoms with Crippen molar-refractivity contribution >= 4 is 28.5 Å². The van der Waals surface area contributed by atoms with Crippen molar-refractivity contribution in [3.8, 4) is 0 Å². The maximum Gasteiger partial charge on any atom is 0.268 e. The molecule has 2 aromatic rings. The molecule has 6 heteroatoms. The molecule has 0 saturated heterocycles. The third kappa shape index (κ3) is 2.79. The monoisotopic (exact) mass is 285 g/mol. The number of hydrogen-bond donors (Lipinski definition) is 2. The normalized spacial score (nSPS) is 16.2. The number of benzene rings is 1. The van der Waals surface area contributed by atoms with Crippen LogP contribution in [0.4, 0.5) is 0 Å². The van der Waals surface area contributed by atoms with E-state index in [1.54, 1.807) is 0 Å². The van der Waals surface area contributed by atoms with Crippen molar-refractivity contribution in [2.45, 2.75) is 25.8 Å². The van der Waals surface area contributed by atoms with Gasteiger partial charge in [-0.3, -0.25) is 9.59 Å². The lowest BCUT2D eigenvalue weighted by molar-refractivity contribution is -0.121. The minimum Gasteiger partial charge on any atom is -0.459 e. The van der Waals surface area contributed by atoms with Crippen LogP contribution in [0.2, 0.25) is 0 Å². The molecular formula is C15H15N3O3. The Morgan fingerprint density at radius 3 is 2.90 bits per heavy atom. The van der Waals surface area contributed by atoms with E-state index in [0.717, 1.165) is 11.0 Å². The number of furan rings is 1. The fourth-order valence-electron chi connectivity index (χ4n) is 2.20. The molecule has 2 N–H and O–H groups in total. The van der Waals surface area contributed by atoms with Crippen molar-refractivity contribution in [1.82, 2.24) is 10.7 Å². The van der Waals surface area contributed by atoms with E-state index in [2.05, 4.69) is 15.8 Å². The van der Waals surface area contributed by atoms with Crippen LogP contribution in [-0.4, -0.2) is 17.5 Å². The van der Waals surface area contributed by atoms with Gasteiger partial charge in [0.2, 0.25) is 5.91 Å². The van der Waals surface area contributed by atoms with Gasteiger partial charge in [-0.2, -0.15) is 5.10 Å². The zero-order valence-corrected chi connectivity index (χ0v) is 11.6. The summed E-state index contributed by atoms with van der Waals surface area (Å²) in [6.07, 6.45) is 0.635. The highest BCUT2D eigenvalue weighted by Crippen LogP contribution is 2.23. The summed E-state index contributed by atoms with van der Waals surface area (Å²) in [5.74, 6) is 0.227. The number of carbonyl (C=O) groups is 2. The second-order valence-electron chi connectivity index (χ2n) is 4.98. The quantitative estimate of drug-likeness (QED) is 0.903. The van der Waals surface area contributed by atoms with Crippen molar-refractivity contribution in [2.24, 2.45) is 5.10 Å². The molecule has 0 bridgehead atoms. The summed E-state index contributed by atoms with van der Waals surface area (Å²) >= 11 is 0. The molecule has 0 spiro atoms. The maximum atomic E-state index is 12.1. The number of nitrogens with one attached hydrogen (secondary N) is 2. The molecule has 1 aromatic carbocycles. The summed E-state index contributed by atoms with van der Waals surface area (Å²) in [5.41, 5.74) is 3.43. The van der Waals surface area contributed by atoms with Gasteiger partial charge in [0.25, 0.3) is 5.91 Å². The lowest BCUT2D eigenvalue weighted by Gasteiger charge is -2.15. The Balaban J connectivity index is 1.72. The molecule has 2 heterocycles. The lowest BCUT2D eigenvalue weighted by Crippen LogP contribution is -2.37. The van der Waals surface area contributed by atoms with Crippen LogP contribution in [0, 0.1) is 0 Å². The third-order valence-corrected chi connectivity index (χ3v) is 3.39. The third-order valence-electron chi connectivity index (χ3n) is 3.39. The summed E-state index contributed by atoms with van der Waals surface area (Å²) in [4.78, 5) is 23.1. The van der Waals surface area contributed by atoms with Crippen LogP contribution in [0.25, 0.3) is 11.0 Å². The molecule has 2 amide bonds. The van der Waals surface area contributed by atoms with Gasteiger partial charge in [0, 0.05) is 18.2 Å². The number of hydrogen-bond acceptors (Lipinski definition) is 4. The molecule has 6 nitrogen and oxygen atoms in total. The molecule has 108 valence electrons. The number of fused-ring (bicyclic) bond motifs is 1. The average molecular weight is 285 g/mol. The van der Waals surface area contributed by atoms with Crippen molar-refractivity contribution in [1.29, 1.82) is 0 Å². The molecular weight excluding hydrogens is 270 g/mol. The Morgan fingerprint density at radius 1 is 1.38 bits per heavy atom. The van der Waals surface area contributed by atoms with Gasteiger partial charge >= 0.3 is 0 Å². The molecule has 0 aliphatic carbocycles. The Morgan fingerprint density at radius 2 is 2.19 bits per heavy atom. The Kier molecular flexibility index (Phi) is 3.43. The van der Waals surface area contributed by atoms with Crippen LogP contribution in [0.3, 0.4) is 0 Å². The lowest BCUT2D eigenvalue weighted by atomic mass is 10.1. The number of nitrogens with zero attached hydrogens (tertiary/aromatic N) is 1. The molecule has 0 saturated carbocycles. The number of hydrazone groups is 1. The van der Waals surface area contributed by atoms with E-state index in [9.17, 15) is 9.59 Å². The van der Waals surface area contributed by atoms with Crippen LogP contribution in [0.1, 0.15) is 31.6 Å². The number of rotatable bonds is 3. The van der Waals surface area contributed by atoms with Gasteiger partial charge < -0.3 is 9.73 Å². The van der Waals surface area contributed by atoms with Gasteiger partial charge in [0.1, 0.15) is 17.1 Å². The zero-order chi connectivity index (χ0) is 14.8. The Hall–Kier alpha value is -2.63. The van der Waals surface area contributed by atoms with Crippen LogP contribution < -0.4 is 10.7 Å². The highest BCUT2D eigenvalue weighted by atomic mass is 16.3. The van der Waals surface area contributed by atoms with E-state index in [1.165, 1.54) is 0 Å². The van der Waals surface area contributed by atoms with Crippen molar-refractivity contribution in [2.75, 3.05) is 0 Å². The topological polar surface area (TPSA) is 83.7 Å². The minimum absolute atomic E-state index is 0.170. The van der Waals surface area contributed by atoms with Gasteiger partial charge in [-0.05, 0) is 19.1 Å². The first-order chi connectivity index (χ1) is 10.1. The van der Waals surface area contributed by atoms with E-state index in [4.69, 9.17) is 4.42 Å². The zero-order valence-electron chi connectivity index (χ0n) is 11.6. The van der Waals surface area contributed by atoms with Crippen LogP contribution in [0.15, 0.2) is 39.9 Å². The second kappa shape index (κ2) is 5.40. The smallest absolute Gasteiger partial charge is 0.268 e. The number of para-hydroxylation sites is 1. The maximum absolute atomic E-state index is 12.1. The Bertz CT molecular complexity index is 700. The van der Waals surface area contributed by atoms with Crippen molar-refractivity contribution in [3.05, 3.63) is 36.1 Å². The predicted octanol–water partition coefficient (Wildman–Crippen LogP) is 1.88. The van der Waals surface area contributed by atoms with Crippen molar-refractivity contribution in [3.63, 3.8) is 0 Å². The van der Waals surface area contributed by atoms with E-state index in [-0.39, 0.29) is 24.3 Å². The number of carbonyl (C=O) groups excluding carboxylic acids is 2. The highest BCUT2D eigenvalue weighted by Gasteiger charge is 2.21. The first-order valence-electron chi connectivity index (χ1n) is 6.78. The average Bonchev–Trinajstić information content (AvgIpc) is 2.92. The molecule has 1 unspecified atom stereocenters. The number of amides is 2. The van der Waals surface area contributed by atoms with E-state index >= 15 is 0 Å². The molecule has 0 radical (unpaired) electrons. The molecule has 1 aliphatic rings. The van der Waals surface area contributed by atoms with Crippen LogP contribution >= 0.6 is 0 Å². The molecule has 1 aliphatic heterocycles. The largest absolute Gasteiger partial charge is 0.459 e. The van der Waals surface area contributed by atoms with E-state index in [1.807, 2.05) is 37.3 Å². The summed E-state index contributed by atoms with van der Waals surface area (Å²) in [6.45, 7) is 1.84. The molecule has 3 rings (SSSR count). The van der Waals surface area contributed by atoms with Crippen molar-refractivity contribution < 1.29 is 14.0 Å². The Labute approximate surface area is 121 Å². The molecule has 1 atom stereocenters. The molecule has 21 heavy (non-hydrogen) atoms. The second-order valence-corrected chi connectivity index (χ2v) is 4.98. The molecule has 0 fully saturated rings. The van der Waals surface area contributed by atoms with Gasteiger partial charge in [0.05, 0.1) is 6.04 Å². The summed E-state index contributed by atoms with van der Waals surface area (Å²) in [6, 6.07) is 9.31. The van der Waals surface area contributed by atoms with Crippen LogP contribution in [-0.2, 0) is 9.59 Å².